The number of thiocarbonyl (C=S) groups is 1. The molecule has 2 saturated carbocycles. The van der Waals surface area contributed by atoms with Crippen LogP contribution in [0.1, 0.15) is 43.0 Å². The van der Waals surface area contributed by atoms with Gasteiger partial charge in [-0.1, -0.05) is 34.0 Å². The lowest BCUT2D eigenvalue weighted by molar-refractivity contribution is 0.0976. The average Bonchev–Trinajstić information content (AvgIpc) is 3.12. The molecule has 2 aliphatic carbocycles. The molecule has 0 heterocycles. The van der Waals surface area contributed by atoms with Crippen LogP contribution in [0.25, 0.3) is 0 Å². The number of rotatable bonds is 3. The van der Waals surface area contributed by atoms with Crippen LogP contribution < -0.4 is 10.6 Å². The molecule has 3 nitrogen and oxygen atoms in total. The fourth-order valence-corrected chi connectivity index (χ4v) is 4.94. The monoisotopic (exact) mass is 414 g/mol. The second-order valence-electron chi connectivity index (χ2n) is 6.68. The Morgan fingerprint density at radius 3 is 2.83 bits per heavy atom. The first-order valence-electron chi connectivity index (χ1n) is 8.01. The molecule has 1 aromatic carbocycles. The fourth-order valence-electron chi connectivity index (χ4n) is 4.10. The zero-order valence-corrected chi connectivity index (χ0v) is 16.1. The summed E-state index contributed by atoms with van der Waals surface area (Å²) in [6.07, 6.45) is 5.38. The van der Waals surface area contributed by atoms with E-state index in [0.29, 0.717) is 21.6 Å². The van der Waals surface area contributed by atoms with Crippen LogP contribution in [0.15, 0.2) is 22.7 Å². The van der Waals surface area contributed by atoms with Crippen LogP contribution in [0.4, 0.5) is 0 Å². The van der Waals surface area contributed by atoms with Gasteiger partial charge >= 0.3 is 0 Å². The molecule has 0 spiro atoms. The summed E-state index contributed by atoms with van der Waals surface area (Å²) in [5.74, 6) is 2.10. The van der Waals surface area contributed by atoms with Crippen molar-refractivity contribution < 1.29 is 4.79 Å². The second-order valence-corrected chi connectivity index (χ2v) is 8.41. The van der Waals surface area contributed by atoms with E-state index in [1.54, 1.807) is 18.2 Å². The van der Waals surface area contributed by atoms with Crippen molar-refractivity contribution >= 4 is 50.8 Å². The lowest BCUT2D eigenvalue weighted by Crippen LogP contribution is -2.46. The van der Waals surface area contributed by atoms with Crippen molar-refractivity contribution in [3.8, 4) is 0 Å². The molecule has 0 saturated heterocycles. The molecule has 0 unspecified atom stereocenters. The van der Waals surface area contributed by atoms with Gasteiger partial charge in [-0.3, -0.25) is 10.1 Å². The zero-order chi connectivity index (χ0) is 16.6. The summed E-state index contributed by atoms with van der Waals surface area (Å²) < 4.78 is 0.807. The fraction of sp³-hybridized carbons (Fsp3) is 0.529. The zero-order valence-electron chi connectivity index (χ0n) is 12.9. The third-order valence-electron chi connectivity index (χ3n) is 5.19. The molecule has 124 valence electrons. The van der Waals surface area contributed by atoms with Crippen molar-refractivity contribution in [3.05, 3.63) is 33.3 Å². The van der Waals surface area contributed by atoms with Crippen LogP contribution in [0.5, 0.6) is 0 Å². The van der Waals surface area contributed by atoms with Gasteiger partial charge < -0.3 is 5.32 Å². The van der Waals surface area contributed by atoms with Gasteiger partial charge in [-0.05, 0) is 74.4 Å². The number of amides is 1. The number of halogens is 2. The predicted octanol–water partition coefficient (Wildman–Crippen LogP) is 4.53. The van der Waals surface area contributed by atoms with Gasteiger partial charge in [0.05, 0.1) is 10.6 Å². The van der Waals surface area contributed by atoms with Crippen LogP contribution in [0.2, 0.25) is 5.02 Å². The van der Waals surface area contributed by atoms with Crippen LogP contribution in [-0.4, -0.2) is 17.1 Å². The lowest BCUT2D eigenvalue weighted by atomic mass is 9.84. The Hall–Kier alpha value is -0.650. The molecule has 2 fully saturated rings. The Kier molecular flexibility index (Phi) is 5.29. The number of benzene rings is 1. The third kappa shape index (κ3) is 3.89. The number of nitrogens with one attached hydrogen (secondary N) is 2. The maximum Gasteiger partial charge on any atom is 0.258 e. The van der Waals surface area contributed by atoms with Gasteiger partial charge in [0, 0.05) is 10.5 Å². The Morgan fingerprint density at radius 1 is 1.39 bits per heavy atom. The van der Waals surface area contributed by atoms with E-state index in [4.69, 9.17) is 23.8 Å². The molecule has 6 heteroatoms. The van der Waals surface area contributed by atoms with E-state index < -0.39 is 0 Å². The summed E-state index contributed by atoms with van der Waals surface area (Å²) in [7, 11) is 0. The second kappa shape index (κ2) is 7.08. The van der Waals surface area contributed by atoms with Crippen LogP contribution in [-0.2, 0) is 0 Å². The number of hydrogen-bond donors (Lipinski definition) is 2. The molecule has 4 atom stereocenters. The van der Waals surface area contributed by atoms with Crippen LogP contribution >= 0.6 is 39.7 Å². The average molecular weight is 416 g/mol. The first-order valence-corrected chi connectivity index (χ1v) is 9.59. The topological polar surface area (TPSA) is 41.1 Å². The minimum atomic E-state index is -0.283. The molecule has 3 rings (SSSR count). The highest BCUT2D eigenvalue weighted by atomic mass is 79.9. The Balaban J connectivity index is 1.56. The first-order chi connectivity index (χ1) is 10.9. The summed E-state index contributed by atoms with van der Waals surface area (Å²) in [5.41, 5.74) is 0.415. The third-order valence-corrected chi connectivity index (χ3v) is 6.24. The molecule has 2 aliphatic rings. The van der Waals surface area contributed by atoms with E-state index in [0.717, 1.165) is 16.3 Å². The van der Waals surface area contributed by atoms with Crippen LogP contribution in [0.3, 0.4) is 0 Å². The summed E-state index contributed by atoms with van der Waals surface area (Å²) in [5, 5.41) is 6.81. The van der Waals surface area contributed by atoms with E-state index in [1.807, 2.05) is 0 Å². The Bertz CT molecular complexity index is 639. The molecule has 2 bridgehead atoms. The standard InChI is InChI=1S/C17H20BrClN2OS/c1-9(13-7-10-2-3-11(13)6-10)20-17(23)21-16(22)14-8-12(18)4-5-15(14)19/h4-5,8-11,13H,2-3,6-7H2,1H3,(H2,20,21,22,23)/t9-,10-,11-,13-/m0/s1. The summed E-state index contributed by atoms with van der Waals surface area (Å²) in [6.45, 7) is 2.16. The van der Waals surface area contributed by atoms with Gasteiger partial charge in [0.1, 0.15) is 0 Å². The molecule has 0 radical (unpaired) electrons. The van der Waals surface area contributed by atoms with Crippen molar-refractivity contribution in [3.63, 3.8) is 0 Å². The maximum atomic E-state index is 12.3. The summed E-state index contributed by atoms with van der Waals surface area (Å²) in [6, 6.07) is 5.47. The van der Waals surface area contributed by atoms with Crippen molar-refractivity contribution in [1.82, 2.24) is 10.6 Å². The van der Waals surface area contributed by atoms with Gasteiger partial charge in [-0.25, -0.2) is 0 Å². The van der Waals surface area contributed by atoms with Gasteiger partial charge in [-0.2, -0.15) is 0 Å². The number of hydrogen-bond acceptors (Lipinski definition) is 2. The largest absolute Gasteiger partial charge is 0.360 e. The molecule has 1 amide bonds. The first kappa shape index (κ1) is 17.2. The summed E-state index contributed by atoms with van der Waals surface area (Å²) >= 11 is 14.7. The highest BCUT2D eigenvalue weighted by Crippen LogP contribution is 2.49. The van der Waals surface area contributed by atoms with Gasteiger partial charge in [0.25, 0.3) is 5.91 Å². The predicted molar refractivity (Wildman–Crippen MR) is 101 cm³/mol. The van der Waals surface area contributed by atoms with E-state index in [2.05, 4.69) is 33.5 Å². The SMILES string of the molecule is C[C@H](NC(=S)NC(=O)c1cc(Br)ccc1Cl)[C@@H]1C[C@H]2CC[C@H]1C2. The molecule has 0 aromatic heterocycles. The number of carbonyl (C=O) groups excluding carboxylic acids is 1. The van der Waals surface area contributed by atoms with Gasteiger partial charge in [0.15, 0.2) is 5.11 Å². The number of fused-ring (bicyclic) bond motifs is 2. The van der Waals surface area contributed by atoms with Crippen molar-refractivity contribution in [2.75, 3.05) is 0 Å². The van der Waals surface area contributed by atoms with Crippen LogP contribution in [0, 0.1) is 17.8 Å². The van der Waals surface area contributed by atoms with E-state index in [1.165, 1.54) is 25.7 Å². The van der Waals surface area contributed by atoms with E-state index in [9.17, 15) is 4.79 Å². The van der Waals surface area contributed by atoms with Gasteiger partial charge in [-0.15, -0.1) is 0 Å². The molecule has 2 N–H and O–H groups in total. The molecule has 0 aliphatic heterocycles. The molecular weight excluding hydrogens is 396 g/mol. The summed E-state index contributed by atoms with van der Waals surface area (Å²) in [4.78, 5) is 12.3. The van der Waals surface area contributed by atoms with Crippen molar-refractivity contribution in [2.45, 2.75) is 38.6 Å². The highest BCUT2D eigenvalue weighted by molar-refractivity contribution is 9.10. The van der Waals surface area contributed by atoms with Gasteiger partial charge in [0.2, 0.25) is 0 Å². The minimum Gasteiger partial charge on any atom is -0.360 e. The Morgan fingerprint density at radius 2 is 2.17 bits per heavy atom. The number of carbonyl (C=O) groups is 1. The van der Waals surface area contributed by atoms with E-state index in [-0.39, 0.29) is 11.9 Å². The smallest absolute Gasteiger partial charge is 0.258 e. The van der Waals surface area contributed by atoms with Crippen molar-refractivity contribution in [1.29, 1.82) is 0 Å². The molecular formula is C17H20BrClN2OS. The highest BCUT2D eigenvalue weighted by Gasteiger charge is 2.41. The van der Waals surface area contributed by atoms with Crippen molar-refractivity contribution in [2.24, 2.45) is 17.8 Å². The maximum absolute atomic E-state index is 12.3. The lowest BCUT2D eigenvalue weighted by Gasteiger charge is -2.29. The molecule has 23 heavy (non-hydrogen) atoms. The normalized spacial score (nSPS) is 26.8. The molecule has 1 aromatic rings. The Labute approximate surface area is 155 Å². The van der Waals surface area contributed by atoms with E-state index >= 15 is 0 Å². The minimum absolute atomic E-state index is 0.283. The quantitative estimate of drug-likeness (QED) is 0.713.